The molecule has 0 atom stereocenters. The third kappa shape index (κ3) is 4.80. The highest BCUT2D eigenvalue weighted by molar-refractivity contribution is 9.09. The van der Waals surface area contributed by atoms with Crippen molar-refractivity contribution >= 4 is 21.7 Å². The van der Waals surface area contributed by atoms with E-state index in [9.17, 15) is 4.79 Å². The molecule has 0 N–H and O–H groups in total. The Kier molecular flexibility index (Phi) is 5.00. The van der Waals surface area contributed by atoms with E-state index in [1.807, 2.05) is 0 Å². The molecule has 0 heterocycles. The van der Waals surface area contributed by atoms with E-state index in [1.165, 1.54) is 32.1 Å². The van der Waals surface area contributed by atoms with Crippen LogP contribution in [0.2, 0.25) is 0 Å². The minimum atomic E-state index is 0.342. The summed E-state index contributed by atoms with van der Waals surface area (Å²) < 4.78 is 0. The minimum Gasteiger partial charge on any atom is -0.300 e. The van der Waals surface area contributed by atoms with Crippen molar-refractivity contribution < 1.29 is 4.79 Å². The van der Waals surface area contributed by atoms with Crippen molar-refractivity contribution in [2.45, 2.75) is 56.7 Å². The fourth-order valence-corrected chi connectivity index (χ4v) is 2.58. The molecule has 1 saturated carbocycles. The van der Waals surface area contributed by atoms with Crippen LogP contribution in [0, 0.1) is 5.92 Å². The first-order valence-electron chi connectivity index (χ1n) is 5.32. The molecule has 1 aliphatic rings. The van der Waals surface area contributed by atoms with Gasteiger partial charge in [0.05, 0.1) is 0 Å². The molecule has 0 bridgehead atoms. The average molecular weight is 247 g/mol. The fourth-order valence-electron chi connectivity index (χ4n) is 2.05. The summed E-state index contributed by atoms with van der Waals surface area (Å²) in [6.07, 6.45) is 8.51. The average Bonchev–Trinajstić information content (AvgIpc) is 2.08. The predicted octanol–water partition coefficient (Wildman–Crippen LogP) is 3.70. The molecule has 0 unspecified atom stereocenters. The number of hydrogen-bond donors (Lipinski definition) is 0. The van der Waals surface area contributed by atoms with Crippen molar-refractivity contribution in [1.29, 1.82) is 0 Å². The van der Waals surface area contributed by atoms with Gasteiger partial charge in [-0.3, -0.25) is 0 Å². The van der Waals surface area contributed by atoms with Crippen LogP contribution in [0.3, 0.4) is 0 Å². The Morgan fingerprint density at radius 1 is 1.31 bits per heavy atom. The first-order valence-corrected chi connectivity index (χ1v) is 6.23. The van der Waals surface area contributed by atoms with E-state index in [4.69, 9.17) is 0 Å². The topological polar surface area (TPSA) is 17.1 Å². The quantitative estimate of drug-likeness (QED) is 0.692. The largest absolute Gasteiger partial charge is 0.300 e. The molecule has 1 aliphatic carbocycles. The molecule has 76 valence electrons. The molecule has 1 nitrogen and oxygen atoms in total. The van der Waals surface area contributed by atoms with Crippen LogP contribution in [0.1, 0.15) is 51.9 Å². The van der Waals surface area contributed by atoms with E-state index in [1.54, 1.807) is 6.92 Å². The molecule has 2 heteroatoms. The van der Waals surface area contributed by atoms with Crippen LogP contribution >= 0.6 is 15.9 Å². The van der Waals surface area contributed by atoms with Gasteiger partial charge in [-0.15, -0.1) is 0 Å². The lowest BCUT2D eigenvalue weighted by molar-refractivity contribution is -0.117. The molecule has 0 aromatic heterocycles. The molecular weight excluding hydrogens is 228 g/mol. The minimum absolute atomic E-state index is 0.342. The maximum atomic E-state index is 10.7. The smallest absolute Gasteiger partial charge is 0.129 e. The fraction of sp³-hybridized carbons (Fsp3) is 0.909. The van der Waals surface area contributed by atoms with Crippen molar-refractivity contribution in [2.75, 3.05) is 0 Å². The number of carbonyl (C=O) groups is 1. The van der Waals surface area contributed by atoms with Crippen LogP contribution in [0.5, 0.6) is 0 Å². The molecule has 13 heavy (non-hydrogen) atoms. The highest BCUT2D eigenvalue weighted by Crippen LogP contribution is 2.31. The van der Waals surface area contributed by atoms with Crippen LogP contribution in [0.4, 0.5) is 0 Å². The van der Waals surface area contributed by atoms with Gasteiger partial charge < -0.3 is 4.79 Å². The van der Waals surface area contributed by atoms with Crippen molar-refractivity contribution in [3.05, 3.63) is 0 Å². The maximum absolute atomic E-state index is 10.7. The van der Waals surface area contributed by atoms with Gasteiger partial charge >= 0.3 is 0 Å². The summed E-state index contributed by atoms with van der Waals surface area (Å²) in [5.74, 6) is 1.24. The zero-order valence-corrected chi connectivity index (χ0v) is 9.98. The van der Waals surface area contributed by atoms with Crippen LogP contribution in [0.25, 0.3) is 0 Å². The lowest BCUT2D eigenvalue weighted by atomic mass is 9.85. The number of rotatable bonds is 4. The van der Waals surface area contributed by atoms with Crippen LogP contribution < -0.4 is 0 Å². The van der Waals surface area contributed by atoms with E-state index >= 15 is 0 Å². The molecular formula is C11H19BrO. The third-order valence-corrected chi connectivity index (χ3v) is 3.83. The van der Waals surface area contributed by atoms with Gasteiger partial charge in [0, 0.05) is 11.2 Å². The molecule has 0 radical (unpaired) electrons. The van der Waals surface area contributed by atoms with E-state index in [-0.39, 0.29) is 0 Å². The van der Waals surface area contributed by atoms with E-state index in [0.717, 1.165) is 23.6 Å². The zero-order valence-electron chi connectivity index (χ0n) is 8.39. The molecule has 0 aliphatic heterocycles. The first kappa shape index (κ1) is 11.2. The highest BCUT2D eigenvalue weighted by Gasteiger charge is 2.18. The van der Waals surface area contributed by atoms with E-state index in [0.29, 0.717) is 5.78 Å². The SMILES string of the molecule is CC(=O)CCCC1CCC(Br)CC1. The molecule has 1 fully saturated rings. The van der Waals surface area contributed by atoms with Gasteiger partial charge in [0.15, 0.2) is 0 Å². The summed E-state index contributed by atoms with van der Waals surface area (Å²) in [7, 11) is 0. The van der Waals surface area contributed by atoms with E-state index in [2.05, 4.69) is 15.9 Å². The monoisotopic (exact) mass is 246 g/mol. The number of ketones is 1. The number of hydrogen-bond acceptors (Lipinski definition) is 1. The summed E-state index contributed by atoms with van der Waals surface area (Å²) in [5.41, 5.74) is 0. The highest BCUT2D eigenvalue weighted by atomic mass is 79.9. The van der Waals surface area contributed by atoms with Gasteiger partial charge in [-0.1, -0.05) is 22.4 Å². The standard InChI is InChI=1S/C11H19BrO/c1-9(13)3-2-4-10-5-7-11(12)8-6-10/h10-11H,2-8H2,1H3. The second-order valence-corrected chi connectivity index (χ2v) is 5.51. The Bertz CT molecular complexity index is 159. The van der Waals surface area contributed by atoms with Crippen molar-refractivity contribution in [3.8, 4) is 0 Å². The second-order valence-electron chi connectivity index (χ2n) is 4.21. The summed E-state index contributed by atoms with van der Waals surface area (Å²) >= 11 is 3.65. The lowest BCUT2D eigenvalue weighted by Crippen LogP contribution is -2.14. The van der Waals surface area contributed by atoms with E-state index < -0.39 is 0 Å². The van der Waals surface area contributed by atoms with Gasteiger partial charge in [-0.25, -0.2) is 0 Å². The van der Waals surface area contributed by atoms with Gasteiger partial charge in [-0.05, 0) is 44.9 Å². The molecule has 0 aromatic rings. The Hall–Kier alpha value is 0.150. The van der Waals surface area contributed by atoms with Crippen LogP contribution in [-0.2, 0) is 4.79 Å². The summed E-state index contributed by atoms with van der Waals surface area (Å²) in [6, 6.07) is 0. The Labute approximate surface area is 89.4 Å². The number of carbonyl (C=O) groups excluding carboxylic acids is 1. The summed E-state index contributed by atoms with van der Waals surface area (Å²) in [4.78, 5) is 11.5. The van der Waals surface area contributed by atoms with Gasteiger partial charge in [0.1, 0.15) is 5.78 Å². The van der Waals surface area contributed by atoms with Crippen molar-refractivity contribution in [1.82, 2.24) is 0 Å². The summed E-state index contributed by atoms with van der Waals surface area (Å²) in [6.45, 7) is 1.69. The Morgan fingerprint density at radius 2 is 1.92 bits per heavy atom. The zero-order chi connectivity index (χ0) is 9.68. The predicted molar refractivity (Wildman–Crippen MR) is 59.2 cm³/mol. The van der Waals surface area contributed by atoms with Gasteiger partial charge in [0.2, 0.25) is 0 Å². The number of alkyl halides is 1. The molecule has 0 amide bonds. The van der Waals surface area contributed by atoms with Gasteiger partial charge in [0.25, 0.3) is 0 Å². The third-order valence-electron chi connectivity index (χ3n) is 2.92. The Morgan fingerprint density at radius 3 is 2.46 bits per heavy atom. The maximum Gasteiger partial charge on any atom is 0.129 e. The second kappa shape index (κ2) is 5.79. The number of halogens is 1. The van der Waals surface area contributed by atoms with Crippen molar-refractivity contribution in [3.63, 3.8) is 0 Å². The lowest BCUT2D eigenvalue weighted by Gasteiger charge is -2.24. The molecule has 0 spiro atoms. The Balaban J connectivity index is 2.05. The molecule has 0 aromatic carbocycles. The van der Waals surface area contributed by atoms with Crippen LogP contribution in [-0.4, -0.2) is 10.6 Å². The first-order chi connectivity index (χ1) is 6.18. The van der Waals surface area contributed by atoms with Crippen molar-refractivity contribution in [2.24, 2.45) is 5.92 Å². The summed E-state index contributed by atoms with van der Waals surface area (Å²) in [5, 5.41) is 0. The van der Waals surface area contributed by atoms with Crippen LogP contribution in [0.15, 0.2) is 0 Å². The molecule has 0 saturated heterocycles. The molecule has 1 rings (SSSR count). The normalized spacial score (nSPS) is 28.8. The number of Topliss-reactive ketones (excluding diaryl/α,β-unsaturated/α-hetero) is 1. The van der Waals surface area contributed by atoms with Gasteiger partial charge in [-0.2, -0.15) is 0 Å².